The molecule has 0 amide bonds. The Labute approximate surface area is 115 Å². The van der Waals surface area contributed by atoms with E-state index in [0.717, 1.165) is 11.4 Å². The van der Waals surface area contributed by atoms with Crippen molar-refractivity contribution in [2.75, 3.05) is 0 Å². The predicted molar refractivity (Wildman–Crippen MR) is 71.8 cm³/mol. The van der Waals surface area contributed by atoms with Gasteiger partial charge in [0.25, 0.3) is 0 Å². The molecule has 0 aliphatic carbocycles. The third kappa shape index (κ3) is 3.54. The fourth-order valence-electron chi connectivity index (χ4n) is 1.29. The minimum atomic E-state index is -0.366. The van der Waals surface area contributed by atoms with E-state index in [4.69, 9.17) is 28.9 Å². The minimum absolute atomic E-state index is 0. The molecule has 17 heavy (non-hydrogen) atoms. The smallest absolute Gasteiger partial charge is 0.0900 e. The Morgan fingerprint density at radius 1 is 0.882 bits per heavy atom. The number of hydrogen-bond acceptors (Lipinski definition) is 3. The summed E-state index contributed by atoms with van der Waals surface area (Å²) in [5, 5.41) is 1.17. The van der Waals surface area contributed by atoms with Crippen molar-refractivity contribution >= 4 is 35.6 Å². The normalized spacial score (nSPS) is 10.1. The number of halogens is 3. The molecule has 0 atom stereocenters. The molecule has 90 valence electrons. The van der Waals surface area contributed by atoms with Crippen LogP contribution in [0.2, 0.25) is 10.0 Å². The van der Waals surface area contributed by atoms with E-state index in [1.54, 1.807) is 36.7 Å². The molecule has 2 rings (SSSR count). The van der Waals surface area contributed by atoms with Gasteiger partial charge in [-0.05, 0) is 24.3 Å². The fraction of sp³-hybridized carbons (Fsp3) is 0.0909. The van der Waals surface area contributed by atoms with E-state index in [9.17, 15) is 0 Å². The van der Waals surface area contributed by atoms with Crippen LogP contribution >= 0.6 is 35.6 Å². The second-order valence-electron chi connectivity index (χ2n) is 3.28. The first-order valence-electron chi connectivity index (χ1n) is 4.65. The lowest BCUT2D eigenvalue weighted by Gasteiger charge is -2.10. The number of rotatable bonds is 2. The monoisotopic (exact) mass is 289 g/mol. The molecule has 0 spiro atoms. The van der Waals surface area contributed by atoms with Gasteiger partial charge >= 0.3 is 0 Å². The standard InChI is InChI=1S/C11H9Cl2N3.ClH/c12-7-1-3-9(15-5-7)11(14)10-4-2-8(13)6-16-10;/h1-6,11H,14H2;1H. The van der Waals surface area contributed by atoms with E-state index in [-0.39, 0.29) is 18.4 Å². The quantitative estimate of drug-likeness (QED) is 0.923. The lowest BCUT2D eigenvalue weighted by molar-refractivity contribution is 0.794. The number of hydrogen-bond donors (Lipinski definition) is 1. The Balaban J connectivity index is 0.00000144. The van der Waals surface area contributed by atoms with Crippen molar-refractivity contribution in [2.24, 2.45) is 5.73 Å². The zero-order chi connectivity index (χ0) is 11.5. The van der Waals surface area contributed by atoms with Gasteiger partial charge in [-0.15, -0.1) is 12.4 Å². The lowest BCUT2D eigenvalue weighted by Crippen LogP contribution is -2.14. The molecule has 2 heterocycles. The first-order valence-corrected chi connectivity index (χ1v) is 5.41. The third-order valence-corrected chi connectivity index (χ3v) is 2.58. The van der Waals surface area contributed by atoms with Crippen molar-refractivity contribution in [1.82, 2.24) is 9.97 Å². The van der Waals surface area contributed by atoms with Crippen LogP contribution in [-0.4, -0.2) is 9.97 Å². The van der Waals surface area contributed by atoms with Crippen LogP contribution in [0.25, 0.3) is 0 Å². The summed E-state index contributed by atoms with van der Waals surface area (Å²) in [7, 11) is 0. The lowest BCUT2D eigenvalue weighted by atomic mass is 10.1. The summed E-state index contributed by atoms with van der Waals surface area (Å²) in [4.78, 5) is 8.29. The SMILES string of the molecule is Cl.NC(c1ccc(Cl)cn1)c1ccc(Cl)cn1. The van der Waals surface area contributed by atoms with E-state index in [2.05, 4.69) is 9.97 Å². The molecule has 0 radical (unpaired) electrons. The van der Waals surface area contributed by atoms with Gasteiger partial charge in [-0.25, -0.2) is 0 Å². The zero-order valence-electron chi connectivity index (χ0n) is 8.68. The van der Waals surface area contributed by atoms with Crippen LogP contribution in [0.4, 0.5) is 0 Å². The van der Waals surface area contributed by atoms with Gasteiger partial charge in [0.2, 0.25) is 0 Å². The van der Waals surface area contributed by atoms with Crippen molar-refractivity contribution in [1.29, 1.82) is 0 Å². The highest BCUT2D eigenvalue weighted by Crippen LogP contribution is 2.18. The molecule has 0 unspecified atom stereocenters. The number of nitrogens with two attached hydrogens (primary N) is 1. The topological polar surface area (TPSA) is 51.8 Å². The van der Waals surface area contributed by atoms with E-state index in [0.29, 0.717) is 10.0 Å². The van der Waals surface area contributed by atoms with Gasteiger partial charge in [-0.3, -0.25) is 9.97 Å². The van der Waals surface area contributed by atoms with Crippen molar-refractivity contribution in [3.63, 3.8) is 0 Å². The van der Waals surface area contributed by atoms with E-state index >= 15 is 0 Å². The molecule has 0 saturated heterocycles. The van der Waals surface area contributed by atoms with Crippen LogP contribution in [0, 0.1) is 0 Å². The molecule has 2 N–H and O–H groups in total. The van der Waals surface area contributed by atoms with Crippen LogP contribution in [0.3, 0.4) is 0 Å². The van der Waals surface area contributed by atoms with Crippen molar-refractivity contribution in [3.05, 3.63) is 58.1 Å². The van der Waals surface area contributed by atoms with Gasteiger partial charge in [0.1, 0.15) is 0 Å². The Morgan fingerprint density at radius 2 is 1.29 bits per heavy atom. The molecule has 0 fully saturated rings. The van der Waals surface area contributed by atoms with Crippen LogP contribution in [0.15, 0.2) is 36.7 Å². The number of pyridine rings is 2. The average molecular weight is 291 g/mol. The highest BCUT2D eigenvalue weighted by Gasteiger charge is 2.11. The fourth-order valence-corrected chi connectivity index (χ4v) is 1.52. The first kappa shape index (κ1) is 14.2. The predicted octanol–water partition coefficient (Wildman–Crippen LogP) is 3.25. The molecular weight excluding hydrogens is 281 g/mol. The maximum absolute atomic E-state index is 6.01. The molecule has 0 aliphatic rings. The van der Waals surface area contributed by atoms with Crippen LogP contribution in [-0.2, 0) is 0 Å². The summed E-state index contributed by atoms with van der Waals surface area (Å²) in [5.41, 5.74) is 7.45. The molecule has 3 nitrogen and oxygen atoms in total. The Bertz CT molecular complexity index is 425. The van der Waals surface area contributed by atoms with Gasteiger partial charge < -0.3 is 5.73 Å². The van der Waals surface area contributed by atoms with E-state index in [1.165, 1.54) is 0 Å². The van der Waals surface area contributed by atoms with Gasteiger partial charge in [0.05, 0.1) is 27.5 Å². The summed E-state index contributed by atoms with van der Waals surface area (Å²) in [6.07, 6.45) is 3.12. The summed E-state index contributed by atoms with van der Waals surface area (Å²) in [6, 6.07) is 6.70. The maximum Gasteiger partial charge on any atom is 0.0900 e. The number of aromatic nitrogens is 2. The van der Waals surface area contributed by atoms with Crippen molar-refractivity contribution < 1.29 is 0 Å². The molecular formula is C11H10Cl3N3. The molecule has 2 aromatic rings. The molecule has 6 heteroatoms. The Morgan fingerprint density at radius 3 is 1.59 bits per heavy atom. The number of nitrogens with zero attached hydrogens (tertiary/aromatic N) is 2. The molecule has 0 saturated carbocycles. The third-order valence-electron chi connectivity index (χ3n) is 2.14. The Kier molecular flexibility index (Phi) is 5.15. The van der Waals surface area contributed by atoms with Crippen LogP contribution in [0.5, 0.6) is 0 Å². The molecule has 0 aromatic carbocycles. The Hall–Kier alpha value is -0.870. The highest BCUT2D eigenvalue weighted by molar-refractivity contribution is 6.30. The largest absolute Gasteiger partial charge is 0.318 e. The molecule has 2 aromatic heterocycles. The average Bonchev–Trinajstić information content (AvgIpc) is 2.30. The van der Waals surface area contributed by atoms with E-state index in [1.807, 2.05) is 0 Å². The second kappa shape index (κ2) is 6.17. The van der Waals surface area contributed by atoms with Gasteiger partial charge in [-0.1, -0.05) is 23.2 Å². The zero-order valence-corrected chi connectivity index (χ0v) is 11.0. The van der Waals surface area contributed by atoms with Crippen LogP contribution < -0.4 is 5.73 Å². The van der Waals surface area contributed by atoms with Gasteiger partial charge in [-0.2, -0.15) is 0 Å². The summed E-state index contributed by atoms with van der Waals surface area (Å²) < 4.78 is 0. The summed E-state index contributed by atoms with van der Waals surface area (Å²) >= 11 is 11.5. The second-order valence-corrected chi connectivity index (χ2v) is 4.15. The first-order chi connectivity index (χ1) is 7.66. The highest BCUT2D eigenvalue weighted by atomic mass is 35.5. The van der Waals surface area contributed by atoms with Crippen LogP contribution in [0.1, 0.15) is 17.4 Å². The van der Waals surface area contributed by atoms with Crippen molar-refractivity contribution in [2.45, 2.75) is 6.04 Å². The molecule has 0 bridgehead atoms. The summed E-state index contributed by atoms with van der Waals surface area (Å²) in [5.74, 6) is 0. The molecule has 0 aliphatic heterocycles. The van der Waals surface area contributed by atoms with Crippen molar-refractivity contribution in [3.8, 4) is 0 Å². The maximum atomic E-state index is 6.01. The van der Waals surface area contributed by atoms with E-state index < -0.39 is 0 Å². The summed E-state index contributed by atoms with van der Waals surface area (Å²) in [6.45, 7) is 0. The minimum Gasteiger partial charge on any atom is -0.318 e. The van der Waals surface area contributed by atoms with Gasteiger partial charge in [0.15, 0.2) is 0 Å². The van der Waals surface area contributed by atoms with Gasteiger partial charge in [0, 0.05) is 12.4 Å².